The Labute approximate surface area is 148 Å². The van der Waals surface area contributed by atoms with Crippen LogP contribution >= 0.6 is 23.1 Å². The van der Waals surface area contributed by atoms with Gasteiger partial charge in [0.25, 0.3) is 11.1 Å². The van der Waals surface area contributed by atoms with E-state index in [0.29, 0.717) is 11.1 Å². The summed E-state index contributed by atoms with van der Waals surface area (Å²) in [6.07, 6.45) is 0. The van der Waals surface area contributed by atoms with Gasteiger partial charge in [0.1, 0.15) is 4.88 Å². The molecule has 0 aliphatic carbocycles. The molecule has 0 aliphatic heterocycles. The van der Waals surface area contributed by atoms with E-state index in [9.17, 15) is 9.59 Å². The minimum absolute atomic E-state index is 0.0454. The van der Waals surface area contributed by atoms with E-state index < -0.39 is 6.04 Å². The number of aromatic nitrogens is 3. The molecule has 0 bridgehead atoms. The molecule has 1 amide bonds. The van der Waals surface area contributed by atoms with E-state index in [1.165, 1.54) is 18.3 Å². The quantitative estimate of drug-likeness (QED) is 0.750. The lowest BCUT2D eigenvalue weighted by atomic mass is 10.0. The summed E-state index contributed by atoms with van der Waals surface area (Å²) in [5.74, 6) is 0.269. The highest BCUT2D eigenvalue weighted by molar-refractivity contribution is 7.99. The van der Waals surface area contributed by atoms with Crippen LogP contribution in [0.2, 0.25) is 0 Å². The number of aryl methyl sites for hydroxylation is 2. The van der Waals surface area contributed by atoms with Gasteiger partial charge in [0.2, 0.25) is 5.91 Å². The van der Waals surface area contributed by atoms with Crippen molar-refractivity contribution in [1.82, 2.24) is 20.5 Å². The van der Waals surface area contributed by atoms with Crippen LogP contribution in [0, 0.1) is 19.8 Å². The fraction of sp³-hybridized carbons (Fsp3) is 0.533. The molecule has 7 nitrogen and oxygen atoms in total. The van der Waals surface area contributed by atoms with E-state index in [-0.39, 0.29) is 23.4 Å². The monoisotopic (exact) mass is 368 g/mol. The van der Waals surface area contributed by atoms with Crippen LogP contribution < -0.4 is 5.32 Å². The maximum absolute atomic E-state index is 12.0. The number of hydrogen-bond donors (Lipinski definition) is 1. The Bertz CT molecular complexity index is 739. The Morgan fingerprint density at radius 1 is 1.29 bits per heavy atom. The van der Waals surface area contributed by atoms with Gasteiger partial charge in [0, 0.05) is 0 Å². The van der Waals surface area contributed by atoms with E-state index in [1.807, 2.05) is 27.7 Å². The summed E-state index contributed by atoms with van der Waals surface area (Å²) >= 11 is 2.63. The molecule has 0 aliphatic rings. The van der Waals surface area contributed by atoms with Crippen LogP contribution in [-0.2, 0) is 9.59 Å². The minimum Gasteiger partial charge on any atom is -0.410 e. The molecule has 0 saturated heterocycles. The van der Waals surface area contributed by atoms with Crippen LogP contribution in [0.1, 0.15) is 31.5 Å². The summed E-state index contributed by atoms with van der Waals surface area (Å²) in [6.45, 7) is 9.06. The second-order valence-electron chi connectivity index (χ2n) is 5.71. The Balaban J connectivity index is 1.94. The molecule has 2 heterocycles. The molecule has 1 unspecified atom stereocenters. The number of amides is 1. The van der Waals surface area contributed by atoms with Crippen LogP contribution in [0.5, 0.6) is 0 Å². The zero-order valence-corrected chi connectivity index (χ0v) is 15.9. The number of ketones is 1. The number of Topliss-reactive ketones (excluding diaryl/α,β-unsaturated/α-hetero) is 1. The predicted octanol–water partition coefficient (Wildman–Crippen LogP) is 2.63. The highest BCUT2D eigenvalue weighted by Gasteiger charge is 2.21. The van der Waals surface area contributed by atoms with Gasteiger partial charge in [0.15, 0.2) is 5.78 Å². The van der Waals surface area contributed by atoms with Gasteiger partial charge < -0.3 is 9.73 Å². The van der Waals surface area contributed by atoms with E-state index in [1.54, 1.807) is 0 Å². The van der Waals surface area contributed by atoms with Crippen molar-refractivity contribution in [2.75, 3.05) is 5.75 Å². The first-order valence-electron chi connectivity index (χ1n) is 7.48. The fourth-order valence-electron chi connectivity index (χ4n) is 2.17. The fourth-order valence-corrected chi connectivity index (χ4v) is 3.59. The first-order valence-corrected chi connectivity index (χ1v) is 9.28. The van der Waals surface area contributed by atoms with Crippen LogP contribution in [0.15, 0.2) is 9.64 Å². The molecule has 2 aromatic heterocycles. The highest BCUT2D eigenvalue weighted by Crippen LogP contribution is 2.30. The van der Waals surface area contributed by atoms with Crippen molar-refractivity contribution in [2.24, 2.45) is 5.92 Å². The average Bonchev–Trinajstić information content (AvgIpc) is 3.08. The number of thioether (sulfide) groups is 1. The zero-order valence-electron chi connectivity index (χ0n) is 14.2. The first kappa shape index (κ1) is 18.6. The van der Waals surface area contributed by atoms with Crippen molar-refractivity contribution in [1.29, 1.82) is 0 Å². The predicted molar refractivity (Wildman–Crippen MR) is 93.1 cm³/mol. The summed E-state index contributed by atoms with van der Waals surface area (Å²) in [5, 5.41) is 11.9. The van der Waals surface area contributed by atoms with Crippen LogP contribution in [0.3, 0.4) is 0 Å². The Morgan fingerprint density at radius 3 is 2.54 bits per heavy atom. The molecule has 24 heavy (non-hydrogen) atoms. The van der Waals surface area contributed by atoms with Gasteiger partial charge in [-0.1, -0.05) is 25.6 Å². The molecule has 0 fully saturated rings. The van der Waals surface area contributed by atoms with Crippen molar-refractivity contribution in [3.63, 3.8) is 0 Å². The number of rotatable bonds is 7. The summed E-state index contributed by atoms with van der Waals surface area (Å²) in [6, 6.07) is -0.473. The van der Waals surface area contributed by atoms with Gasteiger partial charge in [-0.25, -0.2) is 4.98 Å². The largest absolute Gasteiger partial charge is 0.410 e. The maximum Gasteiger partial charge on any atom is 0.277 e. The zero-order chi connectivity index (χ0) is 17.9. The third kappa shape index (κ3) is 4.64. The second kappa shape index (κ2) is 7.89. The SMILES string of the molecule is CC(=O)C(NC(=O)CSc1nnc(-c2sc(C)nc2C)o1)C(C)C. The smallest absolute Gasteiger partial charge is 0.277 e. The summed E-state index contributed by atoms with van der Waals surface area (Å²) in [5.41, 5.74) is 0.844. The molecule has 0 aromatic carbocycles. The number of nitrogens with one attached hydrogen (secondary N) is 1. The lowest BCUT2D eigenvalue weighted by Crippen LogP contribution is -2.44. The van der Waals surface area contributed by atoms with Crippen molar-refractivity contribution >= 4 is 34.8 Å². The summed E-state index contributed by atoms with van der Waals surface area (Å²) < 4.78 is 5.58. The lowest BCUT2D eigenvalue weighted by molar-refractivity contribution is -0.126. The number of carbonyl (C=O) groups excluding carboxylic acids is 2. The molecule has 0 spiro atoms. The van der Waals surface area contributed by atoms with Crippen LogP contribution in [0.4, 0.5) is 0 Å². The average molecular weight is 368 g/mol. The van der Waals surface area contributed by atoms with Gasteiger partial charge in [-0.2, -0.15) is 0 Å². The third-order valence-electron chi connectivity index (χ3n) is 3.25. The molecular formula is C15H20N4O3S2. The lowest BCUT2D eigenvalue weighted by Gasteiger charge is -2.18. The van der Waals surface area contributed by atoms with Gasteiger partial charge in [0.05, 0.1) is 22.5 Å². The van der Waals surface area contributed by atoms with Crippen molar-refractivity contribution in [2.45, 2.75) is 45.9 Å². The van der Waals surface area contributed by atoms with Crippen LogP contribution in [-0.4, -0.2) is 38.7 Å². The Hall–Kier alpha value is -1.74. The highest BCUT2D eigenvalue weighted by atomic mass is 32.2. The normalized spacial score (nSPS) is 12.4. The van der Waals surface area contributed by atoms with Crippen LogP contribution in [0.25, 0.3) is 10.8 Å². The standard InChI is InChI=1S/C15H20N4O3S2/c1-7(2)12(9(4)20)17-11(21)6-23-15-19-18-14(22-15)13-8(3)16-10(5)24-13/h7,12H,6H2,1-5H3,(H,17,21). The molecule has 2 aromatic rings. The van der Waals surface area contributed by atoms with Crippen molar-refractivity contribution < 1.29 is 14.0 Å². The number of nitrogens with zero attached hydrogens (tertiary/aromatic N) is 3. The van der Waals surface area contributed by atoms with Crippen molar-refractivity contribution in [3.05, 3.63) is 10.7 Å². The third-order valence-corrected chi connectivity index (χ3v) is 5.13. The van der Waals surface area contributed by atoms with Gasteiger partial charge >= 0.3 is 0 Å². The first-order chi connectivity index (χ1) is 11.3. The van der Waals surface area contributed by atoms with Gasteiger partial charge in [-0.15, -0.1) is 21.5 Å². The molecule has 1 atom stereocenters. The minimum atomic E-state index is -0.473. The number of thiazole rings is 1. The number of carbonyl (C=O) groups is 2. The van der Waals surface area contributed by atoms with Gasteiger partial charge in [-0.05, 0) is 26.7 Å². The van der Waals surface area contributed by atoms with E-state index >= 15 is 0 Å². The van der Waals surface area contributed by atoms with E-state index in [2.05, 4.69) is 20.5 Å². The molecule has 0 radical (unpaired) electrons. The Kier molecular flexibility index (Phi) is 6.11. The maximum atomic E-state index is 12.0. The second-order valence-corrected chi connectivity index (χ2v) is 7.84. The molecule has 2 rings (SSSR count). The van der Waals surface area contributed by atoms with E-state index in [0.717, 1.165) is 27.3 Å². The molecule has 1 N–H and O–H groups in total. The Morgan fingerprint density at radius 2 is 2.00 bits per heavy atom. The van der Waals surface area contributed by atoms with E-state index in [4.69, 9.17) is 4.42 Å². The molecule has 9 heteroatoms. The van der Waals surface area contributed by atoms with Gasteiger partial charge in [-0.3, -0.25) is 9.59 Å². The molecular weight excluding hydrogens is 348 g/mol. The molecule has 130 valence electrons. The summed E-state index contributed by atoms with van der Waals surface area (Å²) in [7, 11) is 0. The number of hydrogen-bond acceptors (Lipinski definition) is 8. The molecule has 0 saturated carbocycles. The van der Waals surface area contributed by atoms with Crippen molar-refractivity contribution in [3.8, 4) is 10.8 Å². The summed E-state index contributed by atoms with van der Waals surface area (Å²) in [4.78, 5) is 28.7. The topological polar surface area (TPSA) is 98.0 Å².